The average Bonchev–Trinajstić information content (AvgIpc) is 3.41. The maximum atomic E-state index is 11.8. The quantitative estimate of drug-likeness (QED) is 0.0879. The Kier molecular flexibility index (Phi) is 11.3. The number of hydrogen-bond acceptors (Lipinski definition) is 6. The van der Waals surface area contributed by atoms with Gasteiger partial charge in [0.1, 0.15) is 11.6 Å². The van der Waals surface area contributed by atoms with Gasteiger partial charge in [0.25, 0.3) is 0 Å². The fourth-order valence-corrected chi connectivity index (χ4v) is 4.69. The number of esters is 2. The Hall–Kier alpha value is -4.07. The molecule has 0 aliphatic heterocycles. The number of carbonyl (C=O) groups excluding carboxylic acids is 2. The molecule has 0 radical (unpaired) electrons. The normalized spacial score (nSPS) is 11.5. The predicted octanol–water partition coefficient (Wildman–Crippen LogP) is 8.96. The van der Waals surface area contributed by atoms with Crippen molar-refractivity contribution in [3.8, 4) is 28.1 Å². The van der Waals surface area contributed by atoms with Gasteiger partial charge in [0.15, 0.2) is 0 Å². The molecule has 0 bridgehead atoms. The molecule has 0 fully saturated rings. The average molecular weight is 636 g/mol. The monoisotopic (exact) mass is 634 g/mol. The summed E-state index contributed by atoms with van der Waals surface area (Å²) in [5.41, 5.74) is 4.20. The van der Waals surface area contributed by atoms with Crippen LogP contribution >= 0.6 is 23.2 Å². The summed E-state index contributed by atoms with van der Waals surface area (Å²) in [6.07, 6.45) is 6.69. The van der Waals surface area contributed by atoms with Gasteiger partial charge in [0.05, 0.1) is 22.7 Å². The standard InChI is InChI=1S/C35H36Cl2N2O5/c1-5-39-22-31(29-18-15-27(36)21-30(29)37)38-32(39)19-10-24-8-11-25(12-9-24)26-13-16-28(17-14-26)42-20-6-7-33(40)43-23-44-34(41)35(2,3)4/h8-19,21-22H,5-7,20,23H2,1-4H3. The Morgan fingerprint density at radius 1 is 0.909 bits per heavy atom. The van der Waals surface area contributed by atoms with E-state index < -0.39 is 17.4 Å². The number of aromatic nitrogens is 2. The van der Waals surface area contributed by atoms with E-state index in [1.807, 2.05) is 54.7 Å². The minimum atomic E-state index is -0.641. The lowest BCUT2D eigenvalue weighted by atomic mass is 9.98. The number of aryl methyl sites for hydroxylation is 1. The molecule has 4 aromatic rings. The third-order valence-electron chi connectivity index (χ3n) is 6.69. The number of imidazole rings is 1. The van der Waals surface area contributed by atoms with Crippen LogP contribution in [0.3, 0.4) is 0 Å². The van der Waals surface area contributed by atoms with Gasteiger partial charge < -0.3 is 18.8 Å². The van der Waals surface area contributed by atoms with Crippen LogP contribution < -0.4 is 4.74 Å². The zero-order valence-corrected chi connectivity index (χ0v) is 26.8. The van der Waals surface area contributed by atoms with Crippen LogP contribution in [0.25, 0.3) is 34.5 Å². The van der Waals surface area contributed by atoms with E-state index in [4.69, 9.17) is 42.4 Å². The van der Waals surface area contributed by atoms with Crippen molar-refractivity contribution in [2.75, 3.05) is 13.4 Å². The molecule has 4 rings (SSSR count). The molecule has 0 spiro atoms. The Labute approximate surface area is 268 Å². The van der Waals surface area contributed by atoms with Crippen molar-refractivity contribution in [1.29, 1.82) is 0 Å². The molecule has 0 aliphatic rings. The maximum Gasteiger partial charge on any atom is 0.314 e. The molecule has 7 nitrogen and oxygen atoms in total. The largest absolute Gasteiger partial charge is 0.494 e. The van der Waals surface area contributed by atoms with E-state index in [9.17, 15) is 9.59 Å². The smallest absolute Gasteiger partial charge is 0.314 e. The number of benzene rings is 3. The van der Waals surface area contributed by atoms with Gasteiger partial charge in [-0.15, -0.1) is 0 Å². The van der Waals surface area contributed by atoms with Crippen LogP contribution in [-0.2, 0) is 25.6 Å². The lowest BCUT2D eigenvalue weighted by Gasteiger charge is -2.16. The van der Waals surface area contributed by atoms with Gasteiger partial charge in [-0.3, -0.25) is 9.59 Å². The first-order valence-electron chi connectivity index (χ1n) is 14.4. The number of rotatable bonds is 12. The number of ether oxygens (including phenoxy) is 3. The molecule has 230 valence electrons. The summed E-state index contributed by atoms with van der Waals surface area (Å²) in [5, 5.41) is 1.16. The Morgan fingerprint density at radius 3 is 2.23 bits per heavy atom. The minimum absolute atomic E-state index is 0.171. The molecule has 0 unspecified atom stereocenters. The predicted molar refractivity (Wildman–Crippen MR) is 175 cm³/mol. The van der Waals surface area contributed by atoms with Gasteiger partial charge >= 0.3 is 11.9 Å². The Bertz CT molecular complexity index is 1600. The van der Waals surface area contributed by atoms with E-state index >= 15 is 0 Å². The van der Waals surface area contributed by atoms with E-state index in [0.717, 1.165) is 40.3 Å². The Balaban J connectivity index is 1.26. The molecule has 3 aromatic carbocycles. The van der Waals surface area contributed by atoms with Gasteiger partial charge in [-0.2, -0.15) is 0 Å². The topological polar surface area (TPSA) is 79.7 Å². The molecular formula is C35H36Cl2N2O5. The first kappa shape index (κ1) is 32.8. The Morgan fingerprint density at radius 2 is 1.59 bits per heavy atom. The second-order valence-electron chi connectivity index (χ2n) is 11.1. The van der Waals surface area contributed by atoms with Crippen molar-refractivity contribution in [2.45, 2.75) is 47.1 Å². The second-order valence-corrected chi connectivity index (χ2v) is 12.0. The third-order valence-corrected chi connectivity index (χ3v) is 7.24. The second kappa shape index (κ2) is 15.1. The highest BCUT2D eigenvalue weighted by molar-refractivity contribution is 6.36. The number of hydrogen-bond donors (Lipinski definition) is 0. The van der Waals surface area contributed by atoms with E-state index in [0.29, 0.717) is 28.8 Å². The van der Waals surface area contributed by atoms with E-state index in [2.05, 4.69) is 35.8 Å². The third kappa shape index (κ3) is 9.21. The van der Waals surface area contributed by atoms with Crippen molar-refractivity contribution in [3.05, 3.63) is 94.4 Å². The highest BCUT2D eigenvalue weighted by Crippen LogP contribution is 2.30. The van der Waals surface area contributed by atoms with Crippen LogP contribution in [-0.4, -0.2) is 34.9 Å². The van der Waals surface area contributed by atoms with Crippen molar-refractivity contribution in [3.63, 3.8) is 0 Å². The molecule has 1 aromatic heterocycles. The molecule has 9 heteroatoms. The van der Waals surface area contributed by atoms with E-state index in [1.165, 1.54) is 0 Å². The molecule has 44 heavy (non-hydrogen) atoms. The summed E-state index contributed by atoms with van der Waals surface area (Å²) in [4.78, 5) is 28.3. The van der Waals surface area contributed by atoms with Crippen LogP contribution in [0.2, 0.25) is 10.0 Å². The molecule has 0 atom stereocenters. The first-order chi connectivity index (χ1) is 21.0. The zero-order chi connectivity index (χ0) is 31.7. The summed E-state index contributed by atoms with van der Waals surface area (Å²) in [7, 11) is 0. The van der Waals surface area contributed by atoms with Crippen molar-refractivity contribution in [2.24, 2.45) is 5.41 Å². The van der Waals surface area contributed by atoms with Gasteiger partial charge in [0.2, 0.25) is 6.79 Å². The van der Waals surface area contributed by atoms with Gasteiger partial charge in [0, 0.05) is 29.7 Å². The first-order valence-corrected chi connectivity index (χ1v) is 15.2. The zero-order valence-electron chi connectivity index (χ0n) is 25.3. The van der Waals surface area contributed by atoms with Crippen LogP contribution in [0, 0.1) is 5.41 Å². The van der Waals surface area contributed by atoms with E-state index in [1.54, 1.807) is 26.8 Å². The van der Waals surface area contributed by atoms with Crippen LogP contribution in [0.15, 0.2) is 72.9 Å². The molecule has 0 N–H and O–H groups in total. The lowest BCUT2D eigenvalue weighted by molar-refractivity contribution is -0.173. The molecular weight excluding hydrogens is 599 g/mol. The summed E-state index contributed by atoms with van der Waals surface area (Å²) in [6.45, 7) is 8.04. The van der Waals surface area contributed by atoms with Gasteiger partial charge in [-0.25, -0.2) is 4.98 Å². The summed E-state index contributed by atoms with van der Waals surface area (Å²) in [5.74, 6) is 0.697. The van der Waals surface area contributed by atoms with Crippen LogP contribution in [0.4, 0.5) is 0 Å². The highest BCUT2D eigenvalue weighted by Gasteiger charge is 2.23. The molecule has 0 saturated carbocycles. The van der Waals surface area contributed by atoms with E-state index in [-0.39, 0.29) is 13.2 Å². The van der Waals surface area contributed by atoms with Crippen LogP contribution in [0.1, 0.15) is 51.9 Å². The number of carbonyl (C=O) groups is 2. The van der Waals surface area contributed by atoms with Crippen LogP contribution in [0.5, 0.6) is 5.75 Å². The van der Waals surface area contributed by atoms with Crippen molar-refractivity contribution in [1.82, 2.24) is 9.55 Å². The van der Waals surface area contributed by atoms with Crippen molar-refractivity contribution < 1.29 is 23.8 Å². The molecule has 0 aliphatic carbocycles. The van der Waals surface area contributed by atoms with Crippen molar-refractivity contribution >= 4 is 47.3 Å². The highest BCUT2D eigenvalue weighted by atomic mass is 35.5. The molecule has 1 heterocycles. The minimum Gasteiger partial charge on any atom is -0.494 e. The summed E-state index contributed by atoms with van der Waals surface area (Å²) >= 11 is 12.5. The lowest BCUT2D eigenvalue weighted by Crippen LogP contribution is -2.24. The molecule has 0 amide bonds. The van der Waals surface area contributed by atoms with Gasteiger partial charge in [-0.1, -0.05) is 65.7 Å². The number of nitrogens with zero attached hydrogens (tertiary/aromatic N) is 2. The summed E-state index contributed by atoms with van der Waals surface area (Å²) < 4.78 is 17.7. The fourth-order valence-electron chi connectivity index (χ4n) is 4.19. The summed E-state index contributed by atoms with van der Waals surface area (Å²) in [6, 6.07) is 21.5. The SMILES string of the molecule is CCn1cc(-c2ccc(Cl)cc2Cl)nc1C=Cc1ccc(-c2ccc(OCCCC(=O)OCOC(=O)C(C)(C)C)cc2)cc1. The van der Waals surface area contributed by atoms with Gasteiger partial charge in [-0.05, 0) is 87.2 Å². The molecule has 0 saturated heterocycles. The maximum absolute atomic E-state index is 11.8. The fraction of sp³-hybridized carbons (Fsp3) is 0.286. The number of halogens is 2.